The molecule has 0 spiro atoms. The minimum absolute atomic E-state index is 0.191. The summed E-state index contributed by atoms with van der Waals surface area (Å²) in [4.78, 5) is 18.9. The number of benzene rings is 1. The zero-order valence-corrected chi connectivity index (χ0v) is 17.6. The van der Waals surface area contributed by atoms with E-state index in [9.17, 15) is 10.1 Å². The first-order valence-corrected chi connectivity index (χ1v) is 11.2. The Morgan fingerprint density at radius 3 is 2.71 bits per heavy atom. The third-order valence-electron chi connectivity index (χ3n) is 4.59. The minimum atomic E-state index is -0.444. The van der Waals surface area contributed by atoms with Gasteiger partial charge in [0.15, 0.2) is 0 Å². The van der Waals surface area contributed by atoms with Gasteiger partial charge in [-0.1, -0.05) is 37.6 Å². The lowest BCUT2D eigenvalue weighted by molar-refractivity contribution is -0.113. The molecular weight excluding hydrogens is 386 g/mol. The molecule has 0 saturated heterocycles. The van der Waals surface area contributed by atoms with Crippen LogP contribution in [0, 0.1) is 17.2 Å². The van der Waals surface area contributed by atoms with E-state index in [0.29, 0.717) is 11.3 Å². The van der Waals surface area contributed by atoms with E-state index in [1.54, 1.807) is 23.1 Å². The van der Waals surface area contributed by atoms with E-state index < -0.39 is 5.92 Å². The Bertz CT molecular complexity index is 911. The fourth-order valence-electron chi connectivity index (χ4n) is 3.20. The van der Waals surface area contributed by atoms with Gasteiger partial charge >= 0.3 is 0 Å². The van der Waals surface area contributed by atoms with Crippen LogP contribution in [0.2, 0.25) is 0 Å². The molecule has 0 bridgehead atoms. The number of thioether (sulfide) groups is 1. The Labute approximate surface area is 174 Å². The Kier molecular flexibility index (Phi) is 7.07. The molecule has 1 N–H and O–H groups in total. The maximum atomic E-state index is 13.2. The highest BCUT2D eigenvalue weighted by Crippen LogP contribution is 2.43. The summed E-state index contributed by atoms with van der Waals surface area (Å²) in [5, 5.41) is 15.7. The number of nitrogens with one attached hydrogen (secondary N) is 1. The molecule has 2 atom stereocenters. The summed E-state index contributed by atoms with van der Waals surface area (Å²) >= 11 is 3.22. The number of aliphatic imine (C=N–C) groups is 1. The third-order valence-corrected chi connectivity index (χ3v) is 6.68. The lowest BCUT2D eigenvalue weighted by atomic mass is 9.82. The van der Waals surface area contributed by atoms with Crippen LogP contribution in [0.5, 0.6) is 0 Å². The topological polar surface area (TPSA) is 65.2 Å². The fourth-order valence-corrected chi connectivity index (χ4v) is 5.29. The van der Waals surface area contributed by atoms with Gasteiger partial charge in [0.25, 0.3) is 5.91 Å². The average molecular weight is 410 g/mol. The van der Waals surface area contributed by atoms with Crippen molar-refractivity contribution in [2.45, 2.75) is 32.6 Å². The first-order chi connectivity index (χ1) is 13.7. The van der Waals surface area contributed by atoms with E-state index in [2.05, 4.69) is 18.3 Å². The van der Waals surface area contributed by atoms with Gasteiger partial charge in [-0.25, -0.2) is 4.99 Å². The molecule has 0 saturated carbocycles. The molecule has 28 heavy (non-hydrogen) atoms. The van der Waals surface area contributed by atoms with Gasteiger partial charge in [0.05, 0.1) is 11.1 Å². The highest BCUT2D eigenvalue weighted by Gasteiger charge is 2.39. The highest BCUT2D eigenvalue weighted by molar-refractivity contribution is 8.14. The summed E-state index contributed by atoms with van der Waals surface area (Å²) in [6.07, 6.45) is 2.18. The predicted molar refractivity (Wildman–Crippen MR) is 119 cm³/mol. The minimum Gasteiger partial charge on any atom is -0.322 e. The van der Waals surface area contributed by atoms with Crippen molar-refractivity contribution in [2.75, 3.05) is 11.1 Å². The molecule has 2 heterocycles. The van der Waals surface area contributed by atoms with Crippen molar-refractivity contribution < 1.29 is 4.79 Å². The average Bonchev–Trinajstić information content (AvgIpc) is 3.23. The molecule has 1 aromatic carbocycles. The van der Waals surface area contributed by atoms with Crippen LogP contribution in [-0.4, -0.2) is 16.7 Å². The molecule has 144 valence electrons. The number of para-hydroxylation sites is 1. The predicted octanol–water partition coefficient (Wildman–Crippen LogP) is 5.83. The second kappa shape index (κ2) is 9.72. The van der Waals surface area contributed by atoms with Crippen LogP contribution in [0.25, 0.3) is 0 Å². The van der Waals surface area contributed by atoms with E-state index in [1.165, 1.54) is 0 Å². The second-order valence-electron chi connectivity index (χ2n) is 6.57. The van der Waals surface area contributed by atoms with E-state index in [4.69, 9.17) is 4.99 Å². The Balaban J connectivity index is 1.98. The molecule has 1 unspecified atom stereocenters. The molecule has 1 aromatic heterocycles. The van der Waals surface area contributed by atoms with Crippen molar-refractivity contribution in [1.29, 1.82) is 5.26 Å². The molecule has 0 fully saturated rings. The molecule has 1 aliphatic heterocycles. The smallest absolute Gasteiger partial charge is 0.254 e. The van der Waals surface area contributed by atoms with Crippen LogP contribution in [0.4, 0.5) is 5.69 Å². The zero-order chi connectivity index (χ0) is 19.9. The fraction of sp³-hybridized carbons (Fsp3) is 0.318. The maximum Gasteiger partial charge on any atom is 0.254 e. The van der Waals surface area contributed by atoms with Crippen molar-refractivity contribution >= 4 is 39.7 Å². The van der Waals surface area contributed by atoms with E-state index >= 15 is 0 Å². The standard InChI is InChI=1S/C22H23N3OS2/c1-3-4-12-28-22-17(14-23)20(18-11-8-13-27-18)19(15(2)24-22)21(26)25-16-9-6-5-7-10-16/h5-11,13,17,20H,3-4,12H2,1-2H3,(H,25,26)/t17?,20-/m1/s1. The number of nitrogens with zero attached hydrogens (tertiary/aromatic N) is 2. The Morgan fingerprint density at radius 2 is 2.07 bits per heavy atom. The molecule has 0 aliphatic carbocycles. The number of thiophene rings is 1. The van der Waals surface area contributed by atoms with E-state index in [1.807, 2.05) is 54.8 Å². The number of unbranched alkanes of at least 4 members (excludes halogenated alkanes) is 1. The molecule has 4 nitrogen and oxygen atoms in total. The van der Waals surface area contributed by atoms with Crippen LogP contribution in [0.3, 0.4) is 0 Å². The lowest BCUT2D eigenvalue weighted by Crippen LogP contribution is -2.31. The number of carbonyl (C=O) groups is 1. The maximum absolute atomic E-state index is 13.2. The Morgan fingerprint density at radius 1 is 1.29 bits per heavy atom. The zero-order valence-electron chi connectivity index (χ0n) is 16.0. The van der Waals surface area contributed by atoms with Gasteiger partial charge in [-0.2, -0.15) is 5.26 Å². The first kappa shape index (κ1) is 20.4. The van der Waals surface area contributed by atoms with Crippen LogP contribution in [0.15, 0.2) is 64.1 Å². The van der Waals surface area contributed by atoms with Gasteiger partial charge in [-0.15, -0.1) is 23.1 Å². The van der Waals surface area contributed by atoms with Crippen LogP contribution in [0.1, 0.15) is 37.5 Å². The van der Waals surface area contributed by atoms with Gasteiger partial charge in [0.2, 0.25) is 0 Å². The lowest BCUT2D eigenvalue weighted by Gasteiger charge is -2.29. The SMILES string of the molecule is CCCCSC1=NC(C)=C(C(=O)Nc2ccccc2)[C@@H](c2cccs2)C1C#N. The number of hydrogen-bond acceptors (Lipinski definition) is 5. The first-order valence-electron chi connectivity index (χ1n) is 9.37. The molecule has 2 aromatic rings. The number of anilines is 1. The summed E-state index contributed by atoms with van der Waals surface area (Å²) in [5.41, 5.74) is 2.01. The molecule has 0 radical (unpaired) electrons. The van der Waals surface area contributed by atoms with Crippen molar-refractivity contribution in [2.24, 2.45) is 10.9 Å². The summed E-state index contributed by atoms with van der Waals surface area (Å²) < 4.78 is 0. The van der Waals surface area contributed by atoms with Gasteiger partial charge in [0.1, 0.15) is 5.92 Å². The Hall–Kier alpha value is -2.36. The van der Waals surface area contributed by atoms with E-state index in [-0.39, 0.29) is 11.8 Å². The van der Waals surface area contributed by atoms with Crippen LogP contribution < -0.4 is 5.32 Å². The summed E-state index contributed by atoms with van der Waals surface area (Å²) in [7, 11) is 0. The van der Waals surface area contributed by atoms with Crippen molar-refractivity contribution in [3.63, 3.8) is 0 Å². The van der Waals surface area contributed by atoms with Gasteiger partial charge in [0, 0.05) is 27.8 Å². The van der Waals surface area contributed by atoms with Gasteiger partial charge < -0.3 is 5.32 Å². The monoisotopic (exact) mass is 409 g/mol. The highest BCUT2D eigenvalue weighted by atomic mass is 32.2. The van der Waals surface area contributed by atoms with Crippen molar-refractivity contribution in [3.05, 3.63) is 64.0 Å². The number of rotatable bonds is 6. The molecule has 1 amide bonds. The third kappa shape index (κ3) is 4.54. The molecule has 1 aliphatic rings. The number of amides is 1. The molecule has 3 rings (SSSR count). The summed E-state index contributed by atoms with van der Waals surface area (Å²) in [6, 6.07) is 15.8. The summed E-state index contributed by atoms with van der Waals surface area (Å²) in [6.45, 7) is 4.02. The number of carbonyl (C=O) groups excluding carboxylic acids is 1. The second-order valence-corrected chi connectivity index (χ2v) is 8.67. The van der Waals surface area contributed by atoms with Crippen molar-refractivity contribution in [3.8, 4) is 6.07 Å². The number of nitriles is 1. The quantitative estimate of drug-likeness (QED) is 0.611. The normalized spacial score (nSPS) is 19.1. The van der Waals surface area contributed by atoms with Crippen molar-refractivity contribution in [1.82, 2.24) is 0 Å². The number of hydrogen-bond donors (Lipinski definition) is 1. The van der Waals surface area contributed by atoms with Gasteiger partial charge in [-0.3, -0.25) is 4.79 Å². The van der Waals surface area contributed by atoms with E-state index in [0.717, 1.165) is 34.2 Å². The largest absolute Gasteiger partial charge is 0.322 e. The van der Waals surface area contributed by atoms with Crippen LogP contribution in [-0.2, 0) is 4.79 Å². The molecular formula is C22H23N3OS2. The summed E-state index contributed by atoms with van der Waals surface area (Å²) in [5.74, 6) is 0.00326. The number of allylic oxidation sites excluding steroid dienone is 1. The van der Waals surface area contributed by atoms with Crippen LogP contribution >= 0.6 is 23.1 Å². The van der Waals surface area contributed by atoms with Gasteiger partial charge in [-0.05, 0) is 42.7 Å². The molecule has 6 heteroatoms.